The second-order valence-electron chi connectivity index (χ2n) is 5.67. The summed E-state index contributed by atoms with van der Waals surface area (Å²) in [6.07, 6.45) is 1.42. The molecular weight excluding hydrogens is 284 g/mol. The van der Waals surface area contributed by atoms with Crippen LogP contribution in [0.1, 0.15) is 66.2 Å². The number of amides is 1. The first kappa shape index (κ1) is 17.9. The van der Waals surface area contributed by atoms with Gasteiger partial charge in [-0.2, -0.15) is 0 Å². The van der Waals surface area contributed by atoms with Gasteiger partial charge >= 0.3 is 5.97 Å². The molecule has 0 aliphatic carbocycles. The predicted molar refractivity (Wildman–Crippen MR) is 83.3 cm³/mol. The number of H-pyrrole nitrogens is 1. The van der Waals surface area contributed by atoms with E-state index in [1.807, 2.05) is 6.92 Å². The number of rotatable bonds is 7. The third-order valence-electron chi connectivity index (χ3n) is 3.87. The van der Waals surface area contributed by atoms with Gasteiger partial charge in [0.2, 0.25) is 0 Å². The summed E-state index contributed by atoms with van der Waals surface area (Å²) in [6, 6.07) is -0.510. The van der Waals surface area contributed by atoms with Gasteiger partial charge in [0.1, 0.15) is 5.69 Å². The van der Waals surface area contributed by atoms with Gasteiger partial charge in [-0.3, -0.25) is 14.4 Å². The number of Topliss-reactive ketones (excluding diaryl/α,β-unsaturated/α-hetero) is 1. The van der Waals surface area contributed by atoms with Crippen molar-refractivity contribution in [3.05, 3.63) is 22.5 Å². The number of hydrogen-bond acceptors (Lipinski definition) is 3. The first-order valence-corrected chi connectivity index (χ1v) is 7.46. The summed E-state index contributed by atoms with van der Waals surface area (Å²) < 4.78 is 0. The molecule has 1 heterocycles. The van der Waals surface area contributed by atoms with E-state index in [9.17, 15) is 14.4 Å². The molecule has 6 nitrogen and oxygen atoms in total. The summed E-state index contributed by atoms with van der Waals surface area (Å²) in [4.78, 5) is 38.2. The van der Waals surface area contributed by atoms with Gasteiger partial charge in [0, 0.05) is 17.3 Å². The first-order chi connectivity index (χ1) is 10.2. The van der Waals surface area contributed by atoms with E-state index in [1.54, 1.807) is 20.8 Å². The highest BCUT2D eigenvalue weighted by Gasteiger charge is 2.26. The van der Waals surface area contributed by atoms with Crippen molar-refractivity contribution in [2.45, 2.75) is 53.5 Å². The van der Waals surface area contributed by atoms with Crippen LogP contribution in [0.5, 0.6) is 0 Å². The SMILES string of the molecule is CCCc1c(C(=O)NC(C)C(C)C(=O)O)[nH]c(C)c1C(C)=O. The molecule has 0 spiro atoms. The summed E-state index contributed by atoms with van der Waals surface area (Å²) in [5.41, 5.74) is 2.29. The average Bonchev–Trinajstić information content (AvgIpc) is 2.75. The van der Waals surface area contributed by atoms with Gasteiger partial charge in [-0.05, 0) is 39.7 Å². The van der Waals surface area contributed by atoms with Crippen molar-refractivity contribution in [3.8, 4) is 0 Å². The minimum Gasteiger partial charge on any atom is -0.481 e. The smallest absolute Gasteiger partial charge is 0.308 e. The molecule has 6 heteroatoms. The number of carboxylic acids is 1. The van der Waals surface area contributed by atoms with Crippen molar-refractivity contribution in [1.29, 1.82) is 0 Å². The van der Waals surface area contributed by atoms with Crippen LogP contribution in [0.25, 0.3) is 0 Å². The Bertz CT molecular complexity index is 589. The predicted octanol–water partition coefficient (Wildman–Crippen LogP) is 2.32. The van der Waals surface area contributed by atoms with E-state index in [0.29, 0.717) is 28.9 Å². The maximum absolute atomic E-state index is 12.4. The van der Waals surface area contributed by atoms with Gasteiger partial charge in [0.15, 0.2) is 5.78 Å². The van der Waals surface area contributed by atoms with Crippen molar-refractivity contribution in [2.24, 2.45) is 5.92 Å². The molecule has 3 N–H and O–H groups in total. The normalized spacial score (nSPS) is 13.5. The van der Waals surface area contributed by atoms with Crippen LogP contribution in [-0.4, -0.2) is 33.8 Å². The molecule has 22 heavy (non-hydrogen) atoms. The molecule has 1 aromatic rings. The number of nitrogens with one attached hydrogen (secondary N) is 2. The van der Waals surface area contributed by atoms with Crippen LogP contribution in [0.15, 0.2) is 0 Å². The van der Waals surface area contributed by atoms with Gasteiger partial charge in [-0.1, -0.05) is 13.3 Å². The summed E-state index contributed by atoms with van der Waals surface area (Å²) in [7, 11) is 0. The fraction of sp³-hybridized carbons (Fsp3) is 0.562. The first-order valence-electron chi connectivity index (χ1n) is 7.46. The number of ketones is 1. The standard InChI is InChI=1S/C16H24N2O4/c1-6-7-12-13(11(5)19)10(4)17-14(12)15(20)18-9(3)8(2)16(21)22/h8-9,17H,6-7H2,1-5H3,(H,18,20)(H,21,22). The molecule has 2 unspecified atom stereocenters. The molecule has 2 atom stereocenters. The molecule has 0 aliphatic rings. The second kappa shape index (κ2) is 7.24. The van der Waals surface area contributed by atoms with E-state index >= 15 is 0 Å². The molecular formula is C16H24N2O4. The highest BCUT2D eigenvalue weighted by atomic mass is 16.4. The lowest BCUT2D eigenvalue weighted by molar-refractivity contribution is -0.141. The summed E-state index contributed by atoms with van der Waals surface area (Å²) in [6.45, 7) is 8.41. The van der Waals surface area contributed by atoms with Crippen LogP contribution in [-0.2, 0) is 11.2 Å². The lowest BCUT2D eigenvalue weighted by Crippen LogP contribution is -2.40. The lowest BCUT2D eigenvalue weighted by atomic mass is 10.00. The zero-order chi connectivity index (χ0) is 17.0. The van der Waals surface area contributed by atoms with Gasteiger partial charge < -0.3 is 15.4 Å². The van der Waals surface area contributed by atoms with Crippen molar-refractivity contribution in [3.63, 3.8) is 0 Å². The fourth-order valence-corrected chi connectivity index (χ4v) is 2.46. The molecule has 1 rings (SSSR count). The van der Waals surface area contributed by atoms with Crippen LogP contribution >= 0.6 is 0 Å². The number of carboxylic acid groups (broad SMARTS) is 1. The maximum Gasteiger partial charge on any atom is 0.308 e. The monoisotopic (exact) mass is 308 g/mol. The van der Waals surface area contributed by atoms with E-state index < -0.39 is 17.9 Å². The zero-order valence-corrected chi connectivity index (χ0v) is 13.7. The maximum atomic E-state index is 12.4. The van der Waals surface area contributed by atoms with Crippen molar-refractivity contribution in [1.82, 2.24) is 10.3 Å². The van der Waals surface area contributed by atoms with E-state index in [2.05, 4.69) is 10.3 Å². The van der Waals surface area contributed by atoms with Gasteiger partial charge in [-0.25, -0.2) is 0 Å². The Balaban J connectivity index is 3.10. The molecule has 0 fully saturated rings. The van der Waals surface area contributed by atoms with Gasteiger partial charge in [-0.15, -0.1) is 0 Å². The summed E-state index contributed by atoms with van der Waals surface area (Å²) >= 11 is 0. The number of aromatic amines is 1. The van der Waals surface area contributed by atoms with Crippen molar-refractivity contribution >= 4 is 17.7 Å². The Kier molecular flexibility index (Phi) is 5.91. The highest BCUT2D eigenvalue weighted by molar-refractivity contribution is 6.02. The van der Waals surface area contributed by atoms with E-state index in [1.165, 1.54) is 6.92 Å². The number of aromatic nitrogens is 1. The number of carbonyl (C=O) groups excluding carboxylic acids is 2. The van der Waals surface area contributed by atoms with Gasteiger partial charge in [0.05, 0.1) is 5.92 Å². The minimum absolute atomic E-state index is 0.0804. The van der Waals surface area contributed by atoms with E-state index in [-0.39, 0.29) is 11.7 Å². The Labute approximate surface area is 130 Å². The van der Waals surface area contributed by atoms with Crippen molar-refractivity contribution < 1.29 is 19.5 Å². The molecule has 0 saturated carbocycles. The van der Waals surface area contributed by atoms with Crippen LogP contribution in [0.4, 0.5) is 0 Å². The Morgan fingerprint density at radius 1 is 1.27 bits per heavy atom. The van der Waals surface area contributed by atoms with E-state index in [0.717, 1.165) is 6.42 Å². The fourth-order valence-electron chi connectivity index (χ4n) is 2.46. The molecule has 0 saturated heterocycles. The second-order valence-corrected chi connectivity index (χ2v) is 5.67. The topological polar surface area (TPSA) is 99.3 Å². The van der Waals surface area contributed by atoms with Crippen LogP contribution in [0, 0.1) is 12.8 Å². The number of hydrogen-bond donors (Lipinski definition) is 3. The summed E-state index contributed by atoms with van der Waals surface area (Å²) in [5.74, 6) is -2.11. The zero-order valence-electron chi connectivity index (χ0n) is 13.7. The Hall–Kier alpha value is -2.11. The number of aryl methyl sites for hydroxylation is 1. The molecule has 122 valence electrons. The third kappa shape index (κ3) is 3.75. The quantitative estimate of drug-likeness (QED) is 0.673. The average molecular weight is 308 g/mol. The molecule has 0 aliphatic heterocycles. The van der Waals surface area contributed by atoms with Gasteiger partial charge in [0.25, 0.3) is 5.91 Å². The molecule has 0 bridgehead atoms. The lowest BCUT2D eigenvalue weighted by Gasteiger charge is -2.17. The van der Waals surface area contributed by atoms with Crippen LogP contribution in [0.2, 0.25) is 0 Å². The number of aliphatic carboxylic acids is 1. The molecule has 1 aromatic heterocycles. The third-order valence-corrected chi connectivity index (χ3v) is 3.87. The largest absolute Gasteiger partial charge is 0.481 e. The van der Waals surface area contributed by atoms with Crippen LogP contribution < -0.4 is 5.32 Å². The van der Waals surface area contributed by atoms with E-state index in [4.69, 9.17) is 5.11 Å². The van der Waals surface area contributed by atoms with Crippen molar-refractivity contribution in [2.75, 3.05) is 0 Å². The number of carbonyl (C=O) groups is 3. The Morgan fingerprint density at radius 2 is 1.86 bits per heavy atom. The van der Waals surface area contributed by atoms with Crippen LogP contribution in [0.3, 0.4) is 0 Å². The minimum atomic E-state index is -0.964. The Morgan fingerprint density at radius 3 is 2.32 bits per heavy atom. The summed E-state index contributed by atoms with van der Waals surface area (Å²) in [5, 5.41) is 11.7. The molecule has 0 aromatic carbocycles. The molecule has 1 amide bonds. The molecule has 0 radical (unpaired) electrons. The highest BCUT2D eigenvalue weighted by Crippen LogP contribution is 2.21.